The first kappa shape index (κ1) is 14.2. The van der Waals surface area contributed by atoms with Gasteiger partial charge in [-0.25, -0.2) is 9.18 Å². The number of aromatic nitrogens is 1. The molecule has 0 spiro atoms. The number of halogens is 4. The van der Waals surface area contributed by atoms with Crippen molar-refractivity contribution in [2.45, 2.75) is 19.6 Å². The van der Waals surface area contributed by atoms with E-state index in [4.69, 9.17) is 5.73 Å². The number of rotatable bonds is 4. The zero-order valence-corrected chi connectivity index (χ0v) is 8.95. The number of nitrogen functional groups attached to an aromatic ring is 1. The predicted octanol–water partition coefficient (Wildman–Crippen LogP) is 1.94. The van der Waals surface area contributed by atoms with Crippen molar-refractivity contribution in [1.29, 1.82) is 0 Å². The Hall–Kier alpha value is -1.84. The van der Waals surface area contributed by atoms with Gasteiger partial charge in [0.1, 0.15) is 0 Å². The largest absolute Gasteiger partial charge is 0.525 e. The van der Waals surface area contributed by atoms with E-state index in [1.807, 2.05) is 0 Å². The second-order valence-electron chi connectivity index (χ2n) is 2.91. The summed E-state index contributed by atoms with van der Waals surface area (Å²) in [6.45, 7) is 1.36. The van der Waals surface area contributed by atoms with Crippen LogP contribution in [0.25, 0.3) is 0 Å². The van der Waals surface area contributed by atoms with Gasteiger partial charge in [0.05, 0.1) is 6.61 Å². The van der Waals surface area contributed by atoms with Gasteiger partial charge in [0.25, 0.3) is 6.36 Å². The lowest BCUT2D eigenvalue weighted by molar-refractivity contribution is -0.363. The van der Waals surface area contributed by atoms with Crippen LogP contribution in [-0.2, 0) is 9.47 Å². The van der Waals surface area contributed by atoms with Gasteiger partial charge in [-0.1, -0.05) is 5.16 Å². The number of nitrogens with two attached hydrogens (primary N) is 1. The van der Waals surface area contributed by atoms with Crippen molar-refractivity contribution >= 4 is 11.9 Å². The molecule has 0 fully saturated rings. The molecule has 102 valence electrons. The molecular formula is C8H8F4N2O4. The molecule has 1 aromatic heterocycles. The van der Waals surface area contributed by atoms with E-state index in [9.17, 15) is 22.4 Å². The molecule has 18 heavy (non-hydrogen) atoms. The molecule has 6 nitrogen and oxygen atoms in total. The lowest BCUT2D eigenvalue weighted by Crippen LogP contribution is -2.18. The van der Waals surface area contributed by atoms with Crippen molar-refractivity contribution in [3.63, 3.8) is 0 Å². The highest BCUT2D eigenvalue weighted by molar-refractivity contribution is 5.95. The zero-order valence-electron chi connectivity index (χ0n) is 8.95. The van der Waals surface area contributed by atoms with Gasteiger partial charge < -0.3 is 15.0 Å². The fourth-order valence-corrected chi connectivity index (χ4v) is 1.05. The molecule has 1 heterocycles. The molecule has 0 aliphatic heterocycles. The van der Waals surface area contributed by atoms with Crippen molar-refractivity contribution in [2.75, 3.05) is 12.3 Å². The van der Waals surface area contributed by atoms with E-state index < -0.39 is 35.8 Å². The van der Waals surface area contributed by atoms with Crippen molar-refractivity contribution in [3.8, 4) is 0 Å². The number of hydrogen-bond donors (Lipinski definition) is 1. The van der Waals surface area contributed by atoms with Gasteiger partial charge in [-0.15, -0.1) is 13.2 Å². The Morgan fingerprint density at radius 3 is 2.67 bits per heavy atom. The van der Waals surface area contributed by atoms with Crippen molar-refractivity contribution in [2.24, 2.45) is 0 Å². The van der Waals surface area contributed by atoms with E-state index in [2.05, 4.69) is 19.2 Å². The summed E-state index contributed by atoms with van der Waals surface area (Å²) in [5, 5.41) is 2.90. The van der Waals surface area contributed by atoms with Gasteiger partial charge in [0, 0.05) is 0 Å². The van der Waals surface area contributed by atoms with Crippen LogP contribution in [0.4, 0.5) is 23.4 Å². The third-order valence-electron chi connectivity index (χ3n) is 1.68. The van der Waals surface area contributed by atoms with Crippen molar-refractivity contribution in [1.82, 2.24) is 5.16 Å². The van der Waals surface area contributed by atoms with Gasteiger partial charge in [-0.3, -0.25) is 4.74 Å². The average molecular weight is 272 g/mol. The lowest BCUT2D eigenvalue weighted by Gasteiger charge is -2.10. The van der Waals surface area contributed by atoms with Crippen LogP contribution in [0.3, 0.4) is 0 Å². The van der Waals surface area contributed by atoms with E-state index >= 15 is 0 Å². The van der Waals surface area contributed by atoms with Crippen LogP contribution >= 0.6 is 0 Å². The van der Waals surface area contributed by atoms with E-state index in [1.165, 1.54) is 6.92 Å². The number of ether oxygens (including phenoxy) is 2. The maximum atomic E-state index is 13.2. The van der Waals surface area contributed by atoms with Crippen LogP contribution in [0.2, 0.25) is 0 Å². The minimum absolute atomic E-state index is 0.0834. The molecule has 0 aromatic carbocycles. The number of esters is 1. The molecule has 0 aliphatic rings. The van der Waals surface area contributed by atoms with Crippen LogP contribution in [0.5, 0.6) is 0 Å². The summed E-state index contributed by atoms with van der Waals surface area (Å²) in [7, 11) is 0. The third kappa shape index (κ3) is 3.32. The second kappa shape index (κ2) is 5.21. The van der Waals surface area contributed by atoms with Crippen LogP contribution in [-0.4, -0.2) is 24.1 Å². The molecule has 1 atom stereocenters. The number of carbonyl (C=O) groups excluding carboxylic acids is 1. The van der Waals surface area contributed by atoms with Gasteiger partial charge in [0.2, 0.25) is 5.88 Å². The normalized spacial score (nSPS) is 13.4. The lowest BCUT2D eigenvalue weighted by atomic mass is 10.2. The average Bonchev–Trinajstić information content (AvgIpc) is 2.58. The summed E-state index contributed by atoms with van der Waals surface area (Å²) in [5.74, 6) is -1.81. The standard InChI is InChI=1S/C8H8F4N2O4/c1-2-16-7(15)3-4(14-18-6(3)13)5(9)17-8(10,11)12/h5H,2,13H2,1H3/t5-/m0/s1. The summed E-state index contributed by atoms with van der Waals surface area (Å²) in [6, 6.07) is 0. The van der Waals surface area contributed by atoms with E-state index in [-0.39, 0.29) is 6.61 Å². The summed E-state index contributed by atoms with van der Waals surface area (Å²) >= 11 is 0. The quantitative estimate of drug-likeness (QED) is 0.665. The van der Waals surface area contributed by atoms with Gasteiger partial charge in [0.15, 0.2) is 11.3 Å². The van der Waals surface area contributed by atoms with Crippen LogP contribution in [0, 0.1) is 0 Å². The van der Waals surface area contributed by atoms with Crippen LogP contribution in [0.15, 0.2) is 4.52 Å². The fraction of sp³-hybridized carbons (Fsp3) is 0.500. The number of anilines is 1. The smallest absolute Gasteiger partial charge is 0.462 e. The summed E-state index contributed by atoms with van der Waals surface area (Å²) in [5.41, 5.74) is 3.39. The molecule has 0 saturated heterocycles. The molecular weight excluding hydrogens is 264 g/mol. The number of carbonyl (C=O) groups is 1. The first-order chi connectivity index (χ1) is 8.26. The molecule has 1 rings (SSSR count). The Bertz CT molecular complexity index is 431. The highest BCUT2D eigenvalue weighted by Crippen LogP contribution is 2.32. The van der Waals surface area contributed by atoms with Crippen molar-refractivity contribution < 1.29 is 36.4 Å². The monoisotopic (exact) mass is 272 g/mol. The second-order valence-corrected chi connectivity index (χ2v) is 2.91. The summed E-state index contributed by atoms with van der Waals surface area (Å²) in [6.07, 6.45) is -8.27. The molecule has 0 amide bonds. The van der Waals surface area contributed by atoms with Crippen LogP contribution in [0.1, 0.15) is 29.3 Å². The fourth-order valence-electron chi connectivity index (χ4n) is 1.05. The van der Waals surface area contributed by atoms with Crippen molar-refractivity contribution in [3.05, 3.63) is 11.3 Å². The van der Waals surface area contributed by atoms with E-state index in [0.717, 1.165) is 0 Å². The van der Waals surface area contributed by atoms with Gasteiger partial charge >= 0.3 is 12.3 Å². The maximum absolute atomic E-state index is 13.2. The molecule has 0 aliphatic carbocycles. The summed E-state index contributed by atoms with van der Waals surface area (Å²) < 4.78 is 60.4. The minimum atomic E-state index is -5.24. The Morgan fingerprint density at radius 1 is 1.56 bits per heavy atom. The number of nitrogens with zero attached hydrogens (tertiary/aromatic N) is 1. The molecule has 0 saturated carbocycles. The molecule has 0 bridgehead atoms. The highest BCUT2D eigenvalue weighted by atomic mass is 19.4. The summed E-state index contributed by atoms with van der Waals surface area (Å²) in [4.78, 5) is 11.3. The van der Waals surface area contributed by atoms with Gasteiger partial charge in [-0.2, -0.15) is 0 Å². The third-order valence-corrected chi connectivity index (χ3v) is 1.68. The van der Waals surface area contributed by atoms with Crippen LogP contribution < -0.4 is 5.73 Å². The molecule has 1 aromatic rings. The zero-order chi connectivity index (χ0) is 13.9. The number of alkyl halides is 4. The maximum Gasteiger partial charge on any atom is 0.525 e. The molecule has 0 radical (unpaired) electrons. The Morgan fingerprint density at radius 2 is 2.17 bits per heavy atom. The molecule has 2 N–H and O–H groups in total. The highest BCUT2D eigenvalue weighted by Gasteiger charge is 2.38. The Kier molecular flexibility index (Phi) is 4.11. The Balaban J connectivity index is 2.99. The first-order valence-electron chi connectivity index (χ1n) is 4.57. The Labute approximate surface area is 97.6 Å². The van der Waals surface area contributed by atoms with Gasteiger partial charge in [-0.05, 0) is 6.92 Å². The minimum Gasteiger partial charge on any atom is -0.462 e. The van der Waals surface area contributed by atoms with E-state index in [0.29, 0.717) is 0 Å². The molecule has 10 heteroatoms. The topological polar surface area (TPSA) is 87.6 Å². The van der Waals surface area contributed by atoms with E-state index in [1.54, 1.807) is 0 Å². The SMILES string of the molecule is CCOC(=O)c1c([C@@H](F)OC(F)(F)F)noc1N. The molecule has 0 unspecified atom stereocenters. The predicted molar refractivity (Wildman–Crippen MR) is 47.9 cm³/mol. The first-order valence-corrected chi connectivity index (χ1v) is 4.57. The number of hydrogen-bond acceptors (Lipinski definition) is 6.